The van der Waals surface area contributed by atoms with E-state index < -0.39 is 0 Å². The summed E-state index contributed by atoms with van der Waals surface area (Å²) in [7, 11) is 0. The molecule has 0 saturated carbocycles. The average Bonchev–Trinajstić information content (AvgIpc) is 2.39. The van der Waals surface area contributed by atoms with Gasteiger partial charge in [0, 0.05) is 6.20 Å². The highest BCUT2D eigenvalue weighted by Crippen LogP contribution is 2.18. The lowest BCUT2D eigenvalue weighted by molar-refractivity contribution is 0.534. The van der Waals surface area contributed by atoms with Gasteiger partial charge in [0.15, 0.2) is 0 Å². The fourth-order valence-electron chi connectivity index (χ4n) is 1.95. The van der Waals surface area contributed by atoms with Crippen molar-refractivity contribution >= 4 is 0 Å². The van der Waals surface area contributed by atoms with E-state index >= 15 is 0 Å². The van der Waals surface area contributed by atoms with Gasteiger partial charge in [0.05, 0.1) is 11.7 Å². The number of rotatable bonds is 4. The zero-order chi connectivity index (χ0) is 13.0. The standard InChI is InChI=1S/C14H16FN3/c1-10-3-2-8-17-14(10)13(18-16)9-11-4-6-12(15)7-5-11/h2-8,13,18H,9,16H2,1H3. The molecule has 2 aromatic rings. The molecule has 1 atom stereocenters. The molecular weight excluding hydrogens is 229 g/mol. The summed E-state index contributed by atoms with van der Waals surface area (Å²) in [5.74, 6) is 5.36. The number of hydrazine groups is 1. The Balaban J connectivity index is 2.20. The Bertz CT molecular complexity index is 511. The van der Waals surface area contributed by atoms with E-state index in [-0.39, 0.29) is 11.9 Å². The van der Waals surface area contributed by atoms with Crippen molar-refractivity contribution < 1.29 is 4.39 Å². The molecule has 2 rings (SSSR count). The lowest BCUT2D eigenvalue weighted by Gasteiger charge is -2.17. The van der Waals surface area contributed by atoms with Crippen molar-refractivity contribution in [3.8, 4) is 0 Å². The van der Waals surface area contributed by atoms with E-state index in [4.69, 9.17) is 5.84 Å². The second-order valence-electron chi connectivity index (χ2n) is 4.26. The third-order valence-electron chi connectivity index (χ3n) is 2.93. The van der Waals surface area contributed by atoms with Crippen molar-refractivity contribution in [3.05, 3.63) is 65.2 Å². The first-order chi connectivity index (χ1) is 8.70. The molecule has 18 heavy (non-hydrogen) atoms. The van der Waals surface area contributed by atoms with Crippen LogP contribution in [0, 0.1) is 12.7 Å². The topological polar surface area (TPSA) is 50.9 Å². The highest BCUT2D eigenvalue weighted by Gasteiger charge is 2.14. The first-order valence-electron chi connectivity index (χ1n) is 5.83. The van der Waals surface area contributed by atoms with E-state index in [1.807, 2.05) is 19.1 Å². The van der Waals surface area contributed by atoms with E-state index in [9.17, 15) is 4.39 Å². The smallest absolute Gasteiger partial charge is 0.123 e. The second-order valence-corrected chi connectivity index (χ2v) is 4.26. The molecule has 94 valence electrons. The van der Waals surface area contributed by atoms with Gasteiger partial charge >= 0.3 is 0 Å². The van der Waals surface area contributed by atoms with Crippen molar-refractivity contribution in [1.29, 1.82) is 0 Å². The molecule has 4 heteroatoms. The molecule has 1 heterocycles. The highest BCUT2D eigenvalue weighted by atomic mass is 19.1. The summed E-state index contributed by atoms with van der Waals surface area (Å²) in [6.45, 7) is 2.00. The number of aromatic nitrogens is 1. The molecule has 0 fully saturated rings. The molecule has 0 aliphatic rings. The summed E-state index contributed by atoms with van der Waals surface area (Å²) in [6, 6.07) is 10.2. The van der Waals surface area contributed by atoms with Gasteiger partial charge in [-0.15, -0.1) is 0 Å². The monoisotopic (exact) mass is 245 g/mol. The Morgan fingerprint density at radius 1 is 1.28 bits per heavy atom. The molecule has 1 aromatic carbocycles. The van der Waals surface area contributed by atoms with E-state index in [1.165, 1.54) is 12.1 Å². The minimum atomic E-state index is -0.231. The number of hydrogen-bond acceptors (Lipinski definition) is 3. The molecule has 0 spiro atoms. The molecule has 0 bridgehead atoms. The Hall–Kier alpha value is -1.78. The first-order valence-corrected chi connectivity index (χ1v) is 5.83. The van der Waals surface area contributed by atoms with Crippen molar-refractivity contribution in [2.24, 2.45) is 5.84 Å². The average molecular weight is 245 g/mol. The minimum Gasteiger partial charge on any atom is -0.271 e. The summed E-state index contributed by atoms with van der Waals surface area (Å²) >= 11 is 0. The number of nitrogens with two attached hydrogens (primary N) is 1. The SMILES string of the molecule is Cc1cccnc1C(Cc1ccc(F)cc1)NN. The van der Waals surface area contributed by atoms with Crippen LogP contribution >= 0.6 is 0 Å². The van der Waals surface area contributed by atoms with Gasteiger partial charge in [-0.1, -0.05) is 18.2 Å². The van der Waals surface area contributed by atoms with Crippen LogP contribution in [-0.2, 0) is 6.42 Å². The number of aryl methyl sites for hydroxylation is 1. The predicted molar refractivity (Wildman–Crippen MR) is 69.1 cm³/mol. The Kier molecular flexibility index (Phi) is 4.02. The molecule has 0 aliphatic heterocycles. The summed E-state index contributed by atoms with van der Waals surface area (Å²) < 4.78 is 12.8. The third kappa shape index (κ3) is 2.91. The molecular formula is C14H16FN3. The van der Waals surface area contributed by atoms with Crippen LogP contribution in [0.2, 0.25) is 0 Å². The Labute approximate surface area is 106 Å². The zero-order valence-electron chi connectivity index (χ0n) is 10.2. The lowest BCUT2D eigenvalue weighted by Crippen LogP contribution is -2.30. The van der Waals surface area contributed by atoms with E-state index in [0.29, 0.717) is 6.42 Å². The highest BCUT2D eigenvalue weighted by molar-refractivity contribution is 5.24. The summed E-state index contributed by atoms with van der Waals surface area (Å²) in [4.78, 5) is 4.35. The summed E-state index contributed by atoms with van der Waals surface area (Å²) in [5.41, 5.74) is 5.79. The van der Waals surface area contributed by atoms with Crippen molar-refractivity contribution in [2.45, 2.75) is 19.4 Å². The van der Waals surface area contributed by atoms with Gasteiger partial charge in [-0.05, 0) is 42.7 Å². The van der Waals surface area contributed by atoms with Gasteiger partial charge in [0.2, 0.25) is 0 Å². The van der Waals surface area contributed by atoms with Crippen molar-refractivity contribution in [3.63, 3.8) is 0 Å². The van der Waals surface area contributed by atoms with Gasteiger partial charge < -0.3 is 0 Å². The molecule has 0 aliphatic carbocycles. The Morgan fingerprint density at radius 2 is 2.00 bits per heavy atom. The largest absolute Gasteiger partial charge is 0.271 e. The van der Waals surface area contributed by atoms with E-state index in [2.05, 4.69) is 10.4 Å². The van der Waals surface area contributed by atoms with Gasteiger partial charge in [0.25, 0.3) is 0 Å². The quantitative estimate of drug-likeness (QED) is 0.642. The van der Waals surface area contributed by atoms with Gasteiger partial charge in [-0.2, -0.15) is 0 Å². The van der Waals surface area contributed by atoms with E-state index in [1.54, 1.807) is 18.3 Å². The number of nitrogens with one attached hydrogen (secondary N) is 1. The molecule has 1 aromatic heterocycles. The maximum Gasteiger partial charge on any atom is 0.123 e. The molecule has 3 N–H and O–H groups in total. The number of halogens is 1. The lowest BCUT2D eigenvalue weighted by atomic mass is 10.0. The summed E-state index contributed by atoms with van der Waals surface area (Å²) in [5, 5.41) is 0. The predicted octanol–water partition coefficient (Wildman–Crippen LogP) is 2.28. The van der Waals surface area contributed by atoms with Crippen LogP contribution in [0.3, 0.4) is 0 Å². The third-order valence-corrected chi connectivity index (χ3v) is 2.93. The van der Waals surface area contributed by atoms with Crippen LogP contribution in [0.25, 0.3) is 0 Å². The van der Waals surface area contributed by atoms with Gasteiger partial charge in [-0.3, -0.25) is 16.3 Å². The van der Waals surface area contributed by atoms with Crippen LogP contribution in [0.4, 0.5) is 4.39 Å². The molecule has 0 amide bonds. The van der Waals surface area contributed by atoms with Gasteiger partial charge in [0.1, 0.15) is 5.82 Å². The Morgan fingerprint density at radius 3 is 2.61 bits per heavy atom. The van der Waals surface area contributed by atoms with Crippen LogP contribution in [0.1, 0.15) is 22.9 Å². The first kappa shape index (κ1) is 12.7. The molecule has 0 radical (unpaired) electrons. The van der Waals surface area contributed by atoms with Gasteiger partial charge in [-0.25, -0.2) is 4.39 Å². The fourth-order valence-corrected chi connectivity index (χ4v) is 1.95. The number of pyridine rings is 1. The van der Waals surface area contributed by atoms with Crippen LogP contribution in [0.15, 0.2) is 42.6 Å². The number of benzene rings is 1. The second kappa shape index (κ2) is 5.71. The zero-order valence-corrected chi connectivity index (χ0v) is 10.2. The molecule has 3 nitrogen and oxygen atoms in total. The maximum atomic E-state index is 12.8. The number of hydrogen-bond donors (Lipinski definition) is 2. The van der Waals surface area contributed by atoms with Crippen molar-refractivity contribution in [1.82, 2.24) is 10.4 Å². The normalized spacial score (nSPS) is 12.4. The number of nitrogens with zero attached hydrogens (tertiary/aromatic N) is 1. The van der Waals surface area contributed by atoms with Crippen LogP contribution in [0.5, 0.6) is 0 Å². The maximum absolute atomic E-state index is 12.8. The molecule has 0 saturated heterocycles. The fraction of sp³-hybridized carbons (Fsp3) is 0.214. The van der Waals surface area contributed by atoms with E-state index in [0.717, 1.165) is 16.8 Å². The van der Waals surface area contributed by atoms with Crippen molar-refractivity contribution in [2.75, 3.05) is 0 Å². The summed E-state index contributed by atoms with van der Waals surface area (Å²) in [6.07, 6.45) is 2.42. The van der Waals surface area contributed by atoms with Crippen LogP contribution < -0.4 is 11.3 Å². The molecule has 1 unspecified atom stereocenters. The minimum absolute atomic E-state index is 0.0725. The van der Waals surface area contributed by atoms with Crippen LogP contribution in [-0.4, -0.2) is 4.98 Å².